The molecule has 0 amide bonds. The largest absolute Gasteiger partial charge is 0.390 e. The third kappa shape index (κ3) is 0.775. The molecule has 2 rings (SSSR count). The van der Waals surface area contributed by atoms with Gasteiger partial charge in [-0.15, -0.1) is 0 Å². The molecule has 0 radical (unpaired) electrons. The van der Waals surface area contributed by atoms with Gasteiger partial charge in [0, 0.05) is 5.92 Å². The lowest BCUT2D eigenvalue weighted by atomic mass is 9.88. The summed E-state index contributed by atoms with van der Waals surface area (Å²) in [6.45, 7) is 0.797. The molecular weight excluding hydrogens is 116 g/mol. The van der Waals surface area contributed by atoms with Gasteiger partial charge in [0.1, 0.15) is 0 Å². The number of ether oxygens (including phenoxy) is 1. The predicted octanol–water partition coefficient (Wildman–Crippen LogP) is 0.546. The van der Waals surface area contributed by atoms with Gasteiger partial charge < -0.3 is 9.84 Å². The Bertz CT molecular complexity index is 97.5. The van der Waals surface area contributed by atoms with Crippen LogP contribution < -0.4 is 0 Å². The number of aliphatic hydroxyl groups excluding tert-OH is 1. The van der Waals surface area contributed by atoms with E-state index in [4.69, 9.17) is 4.74 Å². The molecule has 2 aliphatic rings. The van der Waals surface area contributed by atoms with Crippen molar-refractivity contribution in [1.82, 2.24) is 0 Å². The van der Waals surface area contributed by atoms with Gasteiger partial charge in [-0.1, -0.05) is 6.42 Å². The number of fused-ring (bicyclic) bond motifs is 2. The van der Waals surface area contributed by atoms with Crippen LogP contribution in [0.1, 0.15) is 19.3 Å². The van der Waals surface area contributed by atoms with Gasteiger partial charge in [0.05, 0.1) is 18.8 Å². The highest BCUT2D eigenvalue weighted by molar-refractivity contribution is 4.87. The molecule has 0 spiro atoms. The summed E-state index contributed by atoms with van der Waals surface area (Å²) in [5.74, 6) is 0.462. The molecule has 52 valence electrons. The van der Waals surface area contributed by atoms with E-state index in [9.17, 15) is 5.11 Å². The Morgan fingerprint density at radius 3 is 2.89 bits per heavy atom. The van der Waals surface area contributed by atoms with Crippen LogP contribution in [0.25, 0.3) is 0 Å². The molecule has 1 saturated carbocycles. The second kappa shape index (κ2) is 1.96. The maximum atomic E-state index is 9.38. The average Bonchev–Trinajstić information content (AvgIpc) is 2.19. The fourth-order valence-corrected chi connectivity index (χ4v) is 1.84. The van der Waals surface area contributed by atoms with E-state index in [0.717, 1.165) is 19.4 Å². The van der Waals surface area contributed by atoms with Crippen molar-refractivity contribution in [2.75, 3.05) is 6.61 Å². The third-order valence-corrected chi connectivity index (χ3v) is 2.45. The highest BCUT2D eigenvalue weighted by atomic mass is 16.5. The molecule has 0 aromatic heterocycles. The van der Waals surface area contributed by atoms with Gasteiger partial charge >= 0.3 is 0 Å². The standard InChI is InChI=1S/C7H12O2/c8-7-5-2-1-3-6(7)9-4-5/h5-8H,1-4H2. The molecular formula is C7H12O2. The third-order valence-electron chi connectivity index (χ3n) is 2.45. The lowest BCUT2D eigenvalue weighted by molar-refractivity contribution is 0.0213. The van der Waals surface area contributed by atoms with Crippen molar-refractivity contribution in [3.8, 4) is 0 Å². The minimum atomic E-state index is -0.140. The van der Waals surface area contributed by atoms with Gasteiger partial charge in [-0.3, -0.25) is 0 Å². The van der Waals surface area contributed by atoms with E-state index in [0.29, 0.717) is 5.92 Å². The number of aliphatic hydroxyl groups is 1. The van der Waals surface area contributed by atoms with Crippen molar-refractivity contribution in [3.63, 3.8) is 0 Å². The second-order valence-electron chi connectivity index (χ2n) is 3.05. The zero-order valence-electron chi connectivity index (χ0n) is 5.42. The summed E-state index contributed by atoms with van der Waals surface area (Å²) in [5, 5.41) is 9.38. The van der Waals surface area contributed by atoms with Crippen LogP contribution in [-0.4, -0.2) is 23.9 Å². The molecule has 1 aliphatic carbocycles. The molecule has 2 nitrogen and oxygen atoms in total. The Hall–Kier alpha value is -0.0800. The first-order valence-electron chi connectivity index (χ1n) is 3.67. The Morgan fingerprint density at radius 1 is 1.33 bits per heavy atom. The van der Waals surface area contributed by atoms with Crippen LogP contribution in [0.3, 0.4) is 0 Å². The second-order valence-corrected chi connectivity index (χ2v) is 3.05. The smallest absolute Gasteiger partial charge is 0.0851 e. The van der Waals surface area contributed by atoms with E-state index in [2.05, 4.69) is 0 Å². The summed E-state index contributed by atoms with van der Waals surface area (Å²) in [7, 11) is 0. The summed E-state index contributed by atoms with van der Waals surface area (Å²) in [4.78, 5) is 0. The molecule has 1 aliphatic heterocycles. The van der Waals surface area contributed by atoms with Crippen LogP contribution in [0, 0.1) is 5.92 Å². The molecule has 2 fully saturated rings. The van der Waals surface area contributed by atoms with Crippen molar-refractivity contribution >= 4 is 0 Å². The Morgan fingerprint density at radius 2 is 2.22 bits per heavy atom. The SMILES string of the molecule is OC1C2CCCC1OC2. The minimum absolute atomic E-state index is 0.140. The molecule has 1 saturated heterocycles. The predicted molar refractivity (Wildman–Crippen MR) is 33.1 cm³/mol. The van der Waals surface area contributed by atoms with Crippen molar-refractivity contribution in [2.45, 2.75) is 31.5 Å². The van der Waals surface area contributed by atoms with E-state index in [1.807, 2.05) is 0 Å². The van der Waals surface area contributed by atoms with Crippen molar-refractivity contribution in [2.24, 2.45) is 5.92 Å². The van der Waals surface area contributed by atoms with Crippen molar-refractivity contribution < 1.29 is 9.84 Å². The van der Waals surface area contributed by atoms with Crippen molar-refractivity contribution in [1.29, 1.82) is 0 Å². The van der Waals surface area contributed by atoms with Crippen LogP contribution in [0.5, 0.6) is 0 Å². The van der Waals surface area contributed by atoms with Crippen molar-refractivity contribution in [3.05, 3.63) is 0 Å². The van der Waals surface area contributed by atoms with Gasteiger partial charge in [-0.05, 0) is 12.8 Å². The molecule has 2 bridgehead atoms. The van der Waals surface area contributed by atoms with E-state index in [1.54, 1.807) is 0 Å². The Balaban J connectivity index is 2.10. The monoisotopic (exact) mass is 128 g/mol. The average molecular weight is 128 g/mol. The lowest BCUT2D eigenvalue weighted by Crippen LogP contribution is -2.30. The first-order valence-corrected chi connectivity index (χ1v) is 3.67. The van der Waals surface area contributed by atoms with E-state index >= 15 is 0 Å². The first-order chi connectivity index (χ1) is 4.38. The van der Waals surface area contributed by atoms with Gasteiger partial charge in [0.15, 0.2) is 0 Å². The quantitative estimate of drug-likeness (QED) is 0.516. The van der Waals surface area contributed by atoms with E-state index < -0.39 is 0 Å². The maximum absolute atomic E-state index is 9.38. The summed E-state index contributed by atoms with van der Waals surface area (Å²) in [6, 6.07) is 0. The van der Waals surface area contributed by atoms with E-state index in [-0.39, 0.29) is 12.2 Å². The Labute approximate surface area is 54.8 Å². The Kier molecular flexibility index (Phi) is 1.24. The summed E-state index contributed by atoms with van der Waals surface area (Å²) < 4.78 is 5.34. The zero-order chi connectivity index (χ0) is 6.27. The summed E-state index contributed by atoms with van der Waals surface area (Å²) in [6.07, 6.45) is 3.52. The van der Waals surface area contributed by atoms with Crippen LogP contribution in [0.15, 0.2) is 0 Å². The highest BCUT2D eigenvalue weighted by Crippen LogP contribution is 2.32. The molecule has 2 heteroatoms. The van der Waals surface area contributed by atoms with Gasteiger partial charge in [0.25, 0.3) is 0 Å². The van der Waals surface area contributed by atoms with Gasteiger partial charge in [-0.2, -0.15) is 0 Å². The minimum Gasteiger partial charge on any atom is -0.390 e. The van der Waals surface area contributed by atoms with Gasteiger partial charge in [-0.25, -0.2) is 0 Å². The van der Waals surface area contributed by atoms with Crippen LogP contribution in [0.4, 0.5) is 0 Å². The van der Waals surface area contributed by atoms with Crippen LogP contribution >= 0.6 is 0 Å². The van der Waals surface area contributed by atoms with Crippen LogP contribution in [0.2, 0.25) is 0 Å². The molecule has 0 aromatic rings. The maximum Gasteiger partial charge on any atom is 0.0851 e. The number of hydrogen-bond donors (Lipinski definition) is 1. The zero-order valence-corrected chi connectivity index (χ0v) is 5.42. The summed E-state index contributed by atoms with van der Waals surface area (Å²) in [5.41, 5.74) is 0. The normalized spacial score (nSPS) is 49.7. The highest BCUT2D eigenvalue weighted by Gasteiger charge is 2.38. The molecule has 0 aromatic carbocycles. The molecule has 1 N–H and O–H groups in total. The van der Waals surface area contributed by atoms with E-state index in [1.165, 1.54) is 6.42 Å². The molecule has 3 unspecified atom stereocenters. The molecule has 3 atom stereocenters. The molecule has 1 heterocycles. The topological polar surface area (TPSA) is 29.5 Å². The lowest BCUT2D eigenvalue weighted by Gasteiger charge is -2.22. The first kappa shape index (κ1) is 5.69. The van der Waals surface area contributed by atoms with Crippen LogP contribution in [-0.2, 0) is 4.74 Å². The fraction of sp³-hybridized carbons (Fsp3) is 1.00. The number of rotatable bonds is 0. The number of hydrogen-bond acceptors (Lipinski definition) is 2. The summed E-state index contributed by atoms with van der Waals surface area (Å²) >= 11 is 0. The van der Waals surface area contributed by atoms with Gasteiger partial charge in [0.2, 0.25) is 0 Å². The molecule has 9 heavy (non-hydrogen) atoms. The fourth-order valence-electron chi connectivity index (χ4n) is 1.84.